The fraction of sp³-hybridized carbons (Fsp3) is 0.571. The quantitative estimate of drug-likeness (QED) is 0.386. The first-order valence-electron chi connectivity index (χ1n) is 10.2. The molecule has 1 heterocycles. The molecule has 0 radical (unpaired) electrons. The number of benzene rings is 1. The molecule has 9 nitrogen and oxygen atoms in total. The molecule has 0 saturated carbocycles. The van der Waals surface area contributed by atoms with Crippen molar-refractivity contribution < 1.29 is 28.6 Å². The molecule has 1 unspecified atom stereocenters. The molecule has 2 rings (SSSR count). The Hall–Kier alpha value is -2.65. The van der Waals surface area contributed by atoms with E-state index in [1.54, 1.807) is 36.3 Å². The highest BCUT2D eigenvalue weighted by Crippen LogP contribution is 2.18. The van der Waals surface area contributed by atoms with E-state index < -0.39 is 12.0 Å². The summed E-state index contributed by atoms with van der Waals surface area (Å²) in [6.07, 6.45) is 1.62. The molecule has 0 spiro atoms. The minimum absolute atomic E-state index is 0.00487. The lowest BCUT2D eigenvalue weighted by molar-refractivity contribution is -0.149. The van der Waals surface area contributed by atoms with Gasteiger partial charge in [0.2, 0.25) is 11.8 Å². The van der Waals surface area contributed by atoms with Crippen LogP contribution in [0.3, 0.4) is 0 Å². The SMILES string of the molecule is CCCCOC(=O)CC1C(=O)NCCN1CC(=O)Nc1cccc(OCCOC)c1. The molecule has 1 aromatic rings. The third kappa shape index (κ3) is 8.00. The third-order valence-electron chi connectivity index (χ3n) is 4.58. The highest BCUT2D eigenvalue weighted by Gasteiger charge is 2.33. The summed E-state index contributed by atoms with van der Waals surface area (Å²) in [4.78, 5) is 38.6. The molecule has 2 amide bonds. The van der Waals surface area contributed by atoms with Gasteiger partial charge in [-0.25, -0.2) is 0 Å². The molecular weight excluding hydrogens is 390 g/mol. The van der Waals surface area contributed by atoms with E-state index in [0.29, 0.717) is 44.3 Å². The van der Waals surface area contributed by atoms with Crippen molar-refractivity contribution in [3.63, 3.8) is 0 Å². The third-order valence-corrected chi connectivity index (χ3v) is 4.58. The number of carbonyl (C=O) groups is 3. The van der Waals surface area contributed by atoms with Crippen LogP contribution >= 0.6 is 0 Å². The van der Waals surface area contributed by atoms with Gasteiger partial charge in [-0.3, -0.25) is 19.3 Å². The summed E-state index contributed by atoms with van der Waals surface area (Å²) in [6, 6.07) is 6.33. The lowest BCUT2D eigenvalue weighted by atomic mass is 10.1. The monoisotopic (exact) mass is 421 g/mol. The van der Waals surface area contributed by atoms with Crippen LogP contribution in [0.1, 0.15) is 26.2 Å². The summed E-state index contributed by atoms with van der Waals surface area (Å²) in [5.41, 5.74) is 0.590. The van der Waals surface area contributed by atoms with Crippen LogP contribution in [0.25, 0.3) is 0 Å². The minimum Gasteiger partial charge on any atom is -0.491 e. The van der Waals surface area contributed by atoms with Crippen molar-refractivity contribution >= 4 is 23.5 Å². The molecule has 1 aromatic carbocycles. The number of esters is 1. The van der Waals surface area contributed by atoms with Gasteiger partial charge in [0, 0.05) is 32.0 Å². The molecule has 0 aliphatic carbocycles. The highest BCUT2D eigenvalue weighted by atomic mass is 16.5. The maximum absolute atomic E-state index is 12.5. The second-order valence-electron chi connectivity index (χ2n) is 6.97. The van der Waals surface area contributed by atoms with Crippen LogP contribution in [0.4, 0.5) is 5.69 Å². The van der Waals surface area contributed by atoms with Crippen molar-refractivity contribution in [2.75, 3.05) is 51.9 Å². The van der Waals surface area contributed by atoms with E-state index in [-0.39, 0.29) is 24.8 Å². The van der Waals surface area contributed by atoms with E-state index in [4.69, 9.17) is 14.2 Å². The Labute approximate surface area is 177 Å². The van der Waals surface area contributed by atoms with Gasteiger partial charge in [0.05, 0.1) is 26.2 Å². The van der Waals surface area contributed by atoms with Crippen LogP contribution in [-0.2, 0) is 23.9 Å². The summed E-state index contributed by atoms with van der Waals surface area (Å²) in [5.74, 6) is -0.357. The number of rotatable bonds is 12. The van der Waals surface area contributed by atoms with Gasteiger partial charge in [-0.05, 0) is 18.6 Å². The fourth-order valence-corrected chi connectivity index (χ4v) is 3.01. The van der Waals surface area contributed by atoms with Crippen molar-refractivity contribution in [2.24, 2.45) is 0 Å². The molecular formula is C21H31N3O6. The van der Waals surface area contributed by atoms with Crippen LogP contribution in [0.5, 0.6) is 5.75 Å². The fourth-order valence-electron chi connectivity index (χ4n) is 3.01. The lowest BCUT2D eigenvalue weighted by Gasteiger charge is -2.33. The summed E-state index contributed by atoms with van der Waals surface area (Å²) in [5, 5.41) is 5.55. The Bertz CT molecular complexity index is 712. The van der Waals surface area contributed by atoms with Crippen molar-refractivity contribution in [3.8, 4) is 5.75 Å². The second kappa shape index (κ2) is 12.8. The standard InChI is InChI=1S/C21H31N3O6/c1-3-4-10-30-20(26)14-18-21(27)22-8-9-24(18)15-19(25)23-16-6-5-7-17(13-16)29-12-11-28-2/h5-7,13,18H,3-4,8-12,14-15H2,1-2H3,(H,22,27)(H,23,25). The largest absolute Gasteiger partial charge is 0.491 e. The lowest BCUT2D eigenvalue weighted by Crippen LogP contribution is -2.57. The smallest absolute Gasteiger partial charge is 0.307 e. The number of ether oxygens (including phenoxy) is 3. The summed E-state index contributed by atoms with van der Waals surface area (Å²) in [6.45, 7) is 4.12. The number of unbranched alkanes of at least 4 members (excludes halogenated alkanes) is 1. The van der Waals surface area contributed by atoms with Gasteiger partial charge in [-0.15, -0.1) is 0 Å². The van der Waals surface area contributed by atoms with E-state index >= 15 is 0 Å². The summed E-state index contributed by atoms with van der Waals surface area (Å²) < 4.78 is 15.7. The molecule has 30 heavy (non-hydrogen) atoms. The number of carbonyl (C=O) groups excluding carboxylic acids is 3. The first-order chi connectivity index (χ1) is 14.5. The highest BCUT2D eigenvalue weighted by molar-refractivity contribution is 5.93. The number of nitrogens with one attached hydrogen (secondary N) is 2. The molecule has 1 fully saturated rings. The molecule has 1 saturated heterocycles. The maximum atomic E-state index is 12.5. The molecule has 1 atom stereocenters. The average Bonchev–Trinajstić information content (AvgIpc) is 2.71. The second-order valence-corrected chi connectivity index (χ2v) is 6.97. The van der Waals surface area contributed by atoms with E-state index in [9.17, 15) is 14.4 Å². The van der Waals surface area contributed by atoms with Gasteiger partial charge >= 0.3 is 5.97 Å². The van der Waals surface area contributed by atoms with E-state index in [1.165, 1.54) is 0 Å². The number of methoxy groups -OCH3 is 1. The predicted octanol–water partition coefficient (Wildman–Crippen LogP) is 1.18. The summed E-state index contributed by atoms with van der Waals surface area (Å²) in [7, 11) is 1.60. The van der Waals surface area contributed by atoms with Crippen LogP contribution in [0.2, 0.25) is 0 Å². The van der Waals surface area contributed by atoms with Gasteiger partial charge in [-0.2, -0.15) is 0 Å². The molecule has 1 aliphatic heterocycles. The zero-order valence-corrected chi connectivity index (χ0v) is 17.6. The number of anilines is 1. The molecule has 0 aromatic heterocycles. The van der Waals surface area contributed by atoms with Crippen molar-refractivity contribution in [1.29, 1.82) is 0 Å². The number of amides is 2. The Morgan fingerprint density at radius 3 is 2.87 bits per heavy atom. The van der Waals surface area contributed by atoms with Crippen molar-refractivity contribution in [2.45, 2.75) is 32.2 Å². The zero-order chi connectivity index (χ0) is 21.8. The van der Waals surface area contributed by atoms with Gasteiger partial charge in [0.1, 0.15) is 18.4 Å². The van der Waals surface area contributed by atoms with Gasteiger partial charge in [0.15, 0.2) is 0 Å². The first kappa shape index (κ1) is 23.6. The Balaban J connectivity index is 1.90. The van der Waals surface area contributed by atoms with Crippen LogP contribution in [-0.4, -0.2) is 75.3 Å². The molecule has 9 heteroatoms. The molecule has 0 bridgehead atoms. The van der Waals surface area contributed by atoms with Crippen LogP contribution < -0.4 is 15.4 Å². The number of piperazine rings is 1. The first-order valence-corrected chi connectivity index (χ1v) is 10.2. The van der Waals surface area contributed by atoms with Gasteiger partial charge in [0.25, 0.3) is 0 Å². The summed E-state index contributed by atoms with van der Waals surface area (Å²) >= 11 is 0. The minimum atomic E-state index is -0.720. The molecule has 2 N–H and O–H groups in total. The Morgan fingerprint density at radius 1 is 1.27 bits per heavy atom. The Kier molecular flexibility index (Phi) is 10.1. The molecule has 166 valence electrons. The van der Waals surface area contributed by atoms with Crippen molar-refractivity contribution in [3.05, 3.63) is 24.3 Å². The van der Waals surface area contributed by atoms with Gasteiger partial charge < -0.3 is 24.8 Å². The van der Waals surface area contributed by atoms with Crippen LogP contribution in [0, 0.1) is 0 Å². The van der Waals surface area contributed by atoms with Crippen molar-refractivity contribution in [1.82, 2.24) is 10.2 Å². The van der Waals surface area contributed by atoms with E-state index in [0.717, 1.165) is 12.8 Å². The van der Waals surface area contributed by atoms with Gasteiger partial charge in [-0.1, -0.05) is 19.4 Å². The number of nitrogens with zero attached hydrogens (tertiary/aromatic N) is 1. The average molecular weight is 421 g/mol. The van der Waals surface area contributed by atoms with E-state index in [1.807, 2.05) is 6.92 Å². The normalized spacial score (nSPS) is 16.6. The maximum Gasteiger partial charge on any atom is 0.307 e. The van der Waals surface area contributed by atoms with Crippen LogP contribution in [0.15, 0.2) is 24.3 Å². The number of hydrogen-bond donors (Lipinski definition) is 2. The predicted molar refractivity (Wildman–Crippen MR) is 111 cm³/mol. The zero-order valence-electron chi connectivity index (χ0n) is 17.6. The topological polar surface area (TPSA) is 106 Å². The molecule has 1 aliphatic rings. The van der Waals surface area contributed by atoms with E-state index in [2.05, 4.69) is 10.6 Å². The Morgan fingerprint density at radius 2 is 2.10 bits per heavy atom. The number of hydrogen-bond acceptors (Lipinski definition) is 7.